The summed E-state index contributed by atoms with van der Waals surface area (Å²) in [6.45, 7) is 1.83. The van der Waals surface area contributed by atoms with Crippen molar-refractivity contribution >= 4 is 5.91 Å². The van der Waals surface area contributed by atoms with Crippen LogP contribution < -0.4 is 24.4 Å². The van der Waals surface area contributed by atoms with Crippen LogP contribution in [0.3, 0.4) is 0 Å². The van der Waals surface area contributed by atoms with Gasteiger partial charge in [0.25, 0.3) is 5.91 Å². The lowest BCUT2D eigenvalue weighted by molar-refractivity contribution is -0.154. The summed E-state index contributed by atoms with van der Waals surface area (Å²) < 4.78 is 36.2. The van der Waals surface area contributed by atoms with Crippen molar-refractivity contribution in [3.8, 4) is 23.0 Å². The molecule has 0 fully saturated rings. The van der Waals surface area contributed by atoms with Gasteiger partial charge in [0.05, 0.1) is 19.8 Å². The Kier molecular flexibility index (Phi) is 11.2. The van der Waals surface area contributed by atoms with Crippen molar-refractivity contribution in [3.05, 3.63) is 120 Å². The molecule has 43 heavy (non-hydrogen) atoms. The average Bonchev–Trinajstić information content (AvgIpc) is 3.05. The molecule has 0 radical (unpaired) electrons. The summed E-state index contributed by atoms with van der Waals surface area (Å²) >= 11 is 0. The molecule has 1 N–H and O–H groups in total. The molecule has 0 saturated heterocycles. The summed E-state index contributed by atoms with van der Waals surface area (Å²) in [6.07, 6.45) is -1.68. The van der Waals surface area contributed by atoms with Gasteiger partial charge < -0.3 is 28.4 Å². The number of ether oxygens (including phenoxy) is 6. The van der Waals surface area contributed by atoms with Gasteiger partial charge in [0.1, 0.15) is 32.5 Å². The number of nitrogens with one attached hydrogen (secondary N) is 1. The van der Waals surface area contributed by atoms with Crippen molar-refractivity contribution in [2.75, 3.05) is 39.6 Å². The van der Waals surface area contributed by atoms with Gasteiger partial charge in [-0.3, -0.25) is 9.63 Å². The van der Waals surface area contributed by atoms with Gasteiger partial charge in [0.2, 0.25) is 0 Å². The average molecular weight is 586 g/mol. The molecule has 0 spiro atoms. The highest BCUT2D eigenvalue weighted by Gasteiger charge is 2.27. The van der Waals surface area contributed by atoms with Crippen molar-refractivity contribution < 1.29 is 38.1 Å². The van der Waals surface area contributed by atoms with E-state index in [1.54, 1.807) is 0 Å². The molecule has 0 saturated carbocycles. The number of para-hydroxylation sites is 4. The number of fused-ring (bicyclic) bond motifs is 2. The molecule has 5 rings (SSSR count). The van der Waals surface area contributed by atoms with E-state index in [0.717, 1.165) is 5.56 Å². The van der Waals surface area contributed by atoms with Crippen molar-refractivity contribution in [2.45, 2.75) is 18.8 Å². The highest BCUT2D eigenvalue weighted by Crippen LogP contribution is 2.30. The van der Waals surface area contributed by atoms with E-state index in [0.29, 0.717) is 55.0 Å². The zero-order valence-electron chi connectivity index (χ0n) is 23.8. The summed E-state index contributed by atoms with van der Waals surface area (Å²) in [6, 6.07) is 33.6. The van der Waals surface area contributed by atoms with Gasteiger partial charge in [0, 0.05) is 0 Å². The smallest absolute Gasteiger partial charge is 0.277 e. The molecule has 1 heterocycles. The number of carbonyl (C=O) groups excluding carboxylic acids is 1. The maximum Gasteiger partial charge on any atom is 0.277 e. The fourth-order valence-corrected chi connectivity index (χ4v) is 4.32. The van der Waals surface area contributed by atoms with E-state index < -0.39 is 18.1 Å². The van der Waals surface area contributed by atoms with Gasteiger partial charge in [0.15, 0.2) is 29.1 Å². The molecule has 0 bridgehead atoms. The van der Waals surface area contributed by atoms with Crippen LogP contribution in [0.5, 0.6) is 23.0 Å². The Balaban J connectivity index is 1.35. The number of amides is 1. The molecule has 1 aliphatic heterocycles. The van der Waals surface area contributed by atoms with E-state index in [2.05, 4.69) is 5.48 Å². The first-order valence-electron chi connectivity index (χ1n) is 14.2. The number of carbonyl (C=O) groups is 1. The molecule has 1 unspecified atom stereocenters. The molecule has 4 aromatic rings. The monoisotopic (exact) mass is 585 g/mol. The number of benzene rings is 4. The first-order valence-corrected chi connectivity index (χ1v) is 14.2. The molecular weight excluding hydrogens is 550 g/mol. The molecule has 0 aromatic heterocycles. The minimum Gasteiger partial charge on any atom is -0.487 e. The Hall–Kier alpha value is -4.57. The lowest BCUT2D eigenvalue weighted by Crippen LogP contribution is -2.37. The summed E-state index contributed by atoms with van der Waals surface area (Å²) in [5, 5.41) is 0. The Morgan fingerprint density at radius 1 is 0.651 bits per heavy atom. The van der Waals surface area contributed by atoms with E-state index >= 15 is 0 Å². The minimum absolute atomic E-state index is 0.0708. The van der Waals surface area contributed by atoms with Crippen molar-refractivity contribution in [1.29, 1.82) is 0 Å². The number of hydrogen-bond acceptors (Lipinski definition) is 8. The van der Waals surface area contributed by atoms with E-state index in [4.69, 9.17) is 33.3 Å². The molecule has 1 aliphatic rings. The number of hydrogen-bond donors (Lipinski definition) is 1. The van der Waals surface area contributed by atoms with Crippen LogP contribution in [0.2, 0.25) is 0 Å². The van der Waals surface area contributed by atoms with Crippen LogP contribution in [0.4, 0.5) is 0 Å². The number of hydroxylamine groups is 1. The predicted molar refractivity (Wildman–Crippen MR) is 159 cm³/mol. The lowest BCUT2D eigenvalue weighted by Gasteiger charge is -2.26. The van der Waals surface area contributed by atoms with Crippen molar-refractivity contribution in [1.82, 2.24) is 5.48 Å². The van der Waals surface area contributed by atoms with Gasteiger partial charge in [-0.25, -0.2) is 5.48 Å². The summed E-state index contributed by atoms with van der Waals surface area (Å²) in [4.78, 5) is 19.0. The van der Waals surface area contributed by atoms with Gasteiger partial charge in [-0.15, -0.1) is 0 Å². The second-order valence-electron chi connectivity index (χ2n) is 9.61. The molecule has 1 atom stereocenters. The second-order valence-corrected chi connectivity index (χ2v) is 9.61. The molecule has 1 amide bonds. The van der Waals surface area contributed by atoms with E-state index in [-0.39, 0.29) is 19.8 Å². The van der Waals surface area contributed by atoms with Gasteiger partial charge in [-0.1, -0.05) is 84.9 Å². The third-order valence-corrected chi connectivity index (χ3v) is 6.44. The lowest BCUT2D eigenvalue weighted by atomic mass is 10.1. The fourth-order valence-electron chi connectivity index (χ4n) is 4.32. The largest absolute Gasteiger partial charge is 0.487 e. The highest BCUT2D eigenvalue weighted by molar-refractivity contribution is 5.81. The zero-order valence-corrected chi connectivity index (χ0v) is 23.8. The molecule has 9 nitrogen and oxygen atoms in total. The highest BCUT2D eigenvalue weighted by atomic mass is 16.7. The Bertz CT molecular complexity index is 1350. The summed E-state index contributed by atoms with van der Waals surface area (Å²) in [5.41, 5.74) is 4.13. The van der Waals surface area contributed by atoms with Crippen LogP contribution in [0.25, 0.3) is 0 Å². The molecule has 9 heteroatoms. The van der Waals surface area contributed by atoms with E-state index in [9.17, 15) is 4.79 Å². The third kappa shape index (κ3) is 9.21. The maximum absolute atomic E-state index is 13.4. The van der Waals surface area contributed by atoms with Crippen LogP contribution >= 0.6 is 0 Å². The van der Waals surface area contributed by atoms with Crippen molar-refractivity contribution in [2.24, 2.45) is 0 Å². The summed E-state index contributed by atoms with van der Waals surface area (Å²) in [5.74, 6) is 1.77. The van der Waals surface area contributed by atoms with Gasteiger partial charge >= 0.3 is 0 Å². The summed E-state index contributed by atoms with van der Waals surface area (Å²) in [7, 11) is 0. The zero-order chi connectivity index (χ0) is 29.5. The van der Waals surface area contributed by atoms with Crippen LogP contribution in [0, 0.1) is 0 Å². The maximum atomic E-state index is 13.4. The first kappa shape index (κ1) is 29.9. The quantitative estimate of drug-likeness (QED) is 0.292. The normalized spacial score (nSPS) is 15.3. The van der Waals surface area contributed by atoms with E-state index in [1.165, 1.54) is 0 Å². The molecular formula is C34H35NO8. The van der Waals surface area contributed by atoms with Gasteiger partial charge in [-0.2, -0.15) is 0 Å². The first-order chi connectivity index (χ1) is 21.3. The molecule has 4 aromatic carbocycles. The Morgan fingerprint density at radius 2 is 1.14 bits per heavy atom. The SMILES string of the molecule is O=C(NOCc1ccccc1)C(OC1COc2ccccc2OCCOCCOc2ccccc2OC1)c1ccccc1. The third-order valence-electron chi connectivity index (χ3n) is 6.44. The van der Waals surface area contributed by atoms with Crippen LogP contribution in [0.1, 0.15) is 17.2 Å². The van der Waals surface area contributed by atoms with Gasteiger partial charge in [-0.05, 0) is 35.4 Å². The number of rotatable bonds is 7. The van der Waals surface area contributed by atoms with Crippen LogP contribution in [-0.4, -0.2) is 51.7 Å². The predicted octanol–water partition coefficient (Wildman–Crippen LogP) is 5.31. The fraction of sp³-hybridized carbons (Fsp3) is 0.265. The standard InChI is InChI=1S/C34H35NO8/c36-34(35-42-23-26-11-3-1-4-12-26)33(27-13-5-2-6-14-27)43-28-24-40-31-17-9-7-15-29(31)38-21-19-37-20-22-39-30-16-8-10-18-32(30)41-25-28/h1-18,28,33H,19-25H2,(H,35,36). The Labute approximate surface area is 251 Å². The van der Waals surface area contributed by atoms with Crippen LogP contribution in [0.15, 0.2) is 109 Å². The van der Waals surface area contributed by atoms with Crippen LogP contribution in [-0.2, 0) is 25.7 Å². The molecule has 224 valence electrons. The van der Waals surface area contributed by atoms with E-state index in [1.807, 2.05) is 109 Å². The topological polar surface area (TPSA) is 93.7 Å². The van der Waals surface area contributed by atoms with Crippen molar-refractivity contribution in [3.63, 3.8) is 0 Å². The Morgan fingerprint density at radius 3 is 1.70 bits per heavy atom. The second kappa shape index (κ2) is 16.2. The molecule has 0 aliphatic carbocycles. The minimum atomic E-state index is -1.00.